The summed E-state index contributed by atoms with van der Waals surface area (Å²) < 4.78 is 30.9. The van der Waals surface area contributed by atoms with E-state index in [4.69, 9.17) is 16.3 Å². The maximum Gasteiger partial charge on any atom is 0.264 e. The fraction of sp³-hybridized carbons (Fsp3) is 0.400. The van der Waals surface area contributed by atoms with Crippen LogP contribution in [0.4, 0.5) is 0 Å². The molecule has 1 unspecified atom stereocenters. The minimum absolute atomic E-state index is 0.00489. The SMILES string of the molecule is COCCN(C(=O)c1cc2c(C)nn(-c3ccc(Cl)cc3)c2s1)C1CCS(=O)(=O)C1. The third kappa shape index (κ3) is 4.12. The molecule has 3 heterocycles. The van der Waals surface area contributed by atoms with Gasteiger partial charge in [0.05, 0.1) is 34.4 Å². The van der Waals surface area contributed by atoms with Gasteiger partial charge in [0.2, 0.25) is 0 Å². The van der Waals surface area contributed by atoms with Gasteiger partial charge < -0.3 is 9.64 Å². The molecular weight excluding hydrogens is 446 g/mol. The van der Waals surface area contributed by atoms with Gasteiger partial charge >= 0.3 is 0 Å². The number of nitrogens with zero attached hydrogens (tertiary/aromatic N) is 3. The highest BCUT2D eigenvalue weighted by molar-refractivity contribution is 7.91. The van der Waals surface area contributed by atoms with Crippen LogP contribution >= 0.6 is 22.9 Å². The van der Waals surface area contributed by atoms with E-state index in [1.165, 1.54) is 11.3 Å². The number of thiophene rings is 1. The predicted molar refractivity (Wildman–Crippen MR) is 119 cm³/mol. The zero-order valence-electron chi connectivity index (χ0n) is 16.7. The van der Waals surface area contributed by atoms with Crippen LogP contribution in [0.3, 0.4) is 0 Å². The number of benzene rings is 1. The second-order valence-electron chi connectivity index (χ2n) is 7.35. The second kappa shape index (κ2) is 8.30. The molecule has 1 amide bonds. The van der Waals surface area contributed by atoms with Crippen molar-refractivity contribution in [2.45, 2.75) is 19.4 Å². The third-order valence-electron chi connectivity index (χ3n) is 5.27. The normalized spacial score (nSPS) is 18.2. The van der Waals surface area contributed by atoms with Gasteiger partial charge in [0, 0.05) is 30.1 Å². The number of rotatable bonds is 6. The lowest BCUT2D eigenvalue weighted by molar-refractivity contribution is 0.0629. The Balaban J connectivity index is 1.69. The van der Waals surface area contributed by atoms with E-state index in [-0.39, 0.29) is 23.5 Å². The molecule has 0 N–H and O–H groups in total. The van der Waals surface area contributed by atoms with Gasteiger partial charge in [-0.25, -0.2) is 13.1 Å². The number of fused-ring (bicyclic) bond motifs is 1. The Kier molecular flexibility index (Phi) is 5.89. The van der Waals surface area contributed by atoms with Crippen molar-refractivity contribution in [2.75, 3.05) is 31.8 Å². The van der Waals surface area contributed by atoms with Crippen LogP contribution in [0.5, 0.6) is 0 Å². The lowest BCUT2D eigenvalue weighted by Crippen LogP contribution is -2.42. The Morgan fingerprint density at radius 2 is 2.10 bits per heavy atom. The maximum atomic E-state index is 13.4. The molecule has 1 aliphatic rings. The lowest BCUT2D eigenvalue weighted by atomic mass is 10.2. The zero-order chi connectivity index (χ0) is 21.5. The Morgan fingerprint density at radius 3 is 2.73 bits per heavy atom. The molecule has 1 aromatic carbocycles. The summed E-state index contributed by atoms with van der Waals surface area (Å²) in [5, 5.41) is 6.15. The predicted octanol–water partition coefficient (Wildman–Crippen LogP) is 3.32. The summed E-state index contributed by atoms with van der Waals surface area (Å²) in [5.41, 5.74) is 1.68. The number of methoxy groups -OCH3 is 1. The molecule has 10 heteroatoms. The Morgan fingerprint density at radius 1 is 1.37 bits per heavy atom. The van der Waals surface area contributed by atoms with E-state index in [1.807, 2.05) is 29.8 Å². The van der Waals surface area contributed by atoms with Gasteiger partial charge in [-0.05, 0) is 43.7 Å². The van der Waals surface area contributed by atoms with Gasteiger partial charge in [-0.2, -0.15) is 5.10 Å². The third-order valence-corrected chi connectivity index (χ3v) is 8.37. The standard InChI is InChI=1S/C20H22ClN3O4S2/c1-13-17-11-18(29-20(17)24(22-13)15-5-3-14(21)4-6-15)19(25)23(8-9-28-2)16-7-10-30(26,27)12-16/h3-6,11,16H,7-10,12H2,1-2H3. The monoisotopic (exact) mass is 467 g/mol. The molecular formula is C20H22ClN3O4S2. The molecule has 1 saturated heterocycles. The summed E-state index contributed by atoms with van der Waals surface area (Å²) in [7, 11) is -1.54. The van der Waals surface area contributed by atoms with Gasteiger partial charge in [-0.3, -0.25) is 4.79 Å². The van der Waals surface area contributed by atoms with E-state index in [0.29, 0.717) is 29.5 Å². The molecule has 1 fully saturated rings. The molecule has 160 valence electrons. The number of amides is 1. The van der Waals surface area contributed by atoms with E-state index in [2.05, 4.69) is 5.10 Å². The zero-order valence-corrected chi connectivity index (χ0v) is 19.1. The molecule has 2 aromatic heterocycles. The van der Waals surface area contributed by atoms with Crippen LogP contribution in [-0.4, -0.2) is 66.8 Å². The number of hydrogen-bond donors (Lipinski definition) is 0. The summed E-state index contributed by atoms with van der Waals surface area (Å²) in [6.07, 6.45) is 0.459. The van der Waals surface area contributed by atoms with Crippen molar-refractivity contribution in [3.8, 4) is 5.69 Å². The maximum absolute atomic E-state index is 13.4. The van der Waals surface area contributed by atoms with E-state index < -0.39 is 9.84 Å². The number of halogens is 1. The Hall–Kier alpha value is -1.94. The summed E-state index contributed by atoms with van der Waals surface area (Å²) in [5.74, 6) is -0.0476. The first kappa shape index (κ1) is 21.3. The number of carbonyl (C=O) groups excluding carboxylic acids is 1. The molecule has 3 aromatic rings. The average molecular weight is 468 g/mol. The van der Waals surface area contributed by atoms with Gasteiger partial charge in [-0.15, -0.1) is 11.3 Å². The van der Waals surface area contributed by atoms with Crippen LogP contribution in [-0.2, 0) is 14.6 Å². The van der Waals surface area contributed by atoms with Crippen molar-refractivity contribution >= 4 is 48.9 Å². The molecule has 4 rings (SSSR count). The first-order valence-corrected chi connectivity index (χ1v) is 12.6. The Bertz CT molecular complexity index is 1180. The van der Waals surface area contributed by atoms with Crippen LogP contribution in [0.15, 0.2) is 30.3 Å². The van der Waals surface area contributed by atoms with Crippen molar-refractivity contribution in [3.05, 3.63) is 45.9 Å². The highest BCUT2D eigenvalue weighted by atomic mass is 35.5. The molecule has 0 saturated carbocycles. The van der Waals surface area contributed by atoms with Gasteiger partial charge in [-0.1, -0.05) is 11.6 Å². The van der Waals surface area contributed by atoms with Crippen molar-refractivity contribution in [1.82, 2.24) is 14.7 Å². The number of aryl methyl sites for hydroxylation is 1. The largest absolute Gasteiger partial charge is 0.383 e. The molecule has 0 aliphatic carbocycles. The fourth-order valence-electron chi connectivity index (χ4n) is 3.71. The number of hydrogen-bond acceptors (Lipinski definition) is 6. The molecule has 1 aliphatic heterocycles. The van der Waals surface area contributed by atoms with Crippen LogP contribution in [0, 0.1) is 6.92 Å². The summed E-state index contributed by atoms with van der Waals surface area (Å²) >= 11 is 7.36. The number of sulfone groups is 1. The molecule has 0 spiro atoms. The van der Waals surface area contributed by atoms with E-state index in [0.717, 1.165) is 21.6 Å². The molecule has 0 bridgehead atoms. The Labute approximate surface area is 184 Å². The molecule has 1 atom stereocenters. The minimum Gasteiger partial charge on any atom is -0.383 e. The molecule has 0 radical (unpaired) electrons. The van der Waals surface area contributed by atoms with E-state index >= 15 is 0 Å². The quantitative estimate of drug-likeness (QED) is 0.555. The first-order chi connectivity index (χ1) is 14.3. The number of aromatic nitrogens is 2. The molecule has 30 heavy (non-hydrogen) atoms. The number of ether oxygens (including phenoxy) is 1. The minimum atomic E-state index is -3.10. The van der Waals surface area contributed by atoms with Gasteiger partial charge in [0.15, 0.2) is 9.84 Å². The summed E-state index contributed by atoms with van der Waals surface area (Å²) in [6.45, 7) is 2.61. The summed E-state index contributed by atoms with van der Waals surface area (Å²) in [4.78, 5) is 16.4. The van der Waals surface area contributed by atoms with E-state index in [1.54, 1.807) is 24.1 Å². The van der Waals surface area contributed by atoms with Crippen LogP contribution < -0.4 is 0 Å². The van der Waals surface area contributed by atoms with Crippen molar-refractivity contribution in [2.24, 2.45) is 0 Å². The van der Waals surface area contributed by atoms with Crippen LogP contribution in [0.2, 0.25) is 5.02 Å². The van der Waals surface area contributed by atoms with Gasteiger partial charge in [0.1, 0.15) is 4.83 Å². The van der Waals surface area contributed by atoms with Crippen LogP contribution in [0.1, 0.15) is 21.8 Å². The molecule has 7 nitrogen and oxygen atoms in total. The second-order valence-corrected chi connectivity index (χ2v) is 11.0. The average Bonchev–Trinajstić information content (AvgIpc) is 3.38. The highest BCUT2D eigenvalue weighted by Gasteiger charge is 2.35. The van der Waals surface area contributed by atoms with Crippen molar-refractivity contribution in [3.63, 3.8) is 0 Å². The fourth-order valence-corrected chi connectivity index (χ4v) is 6.71. The first-order valence-electron chi connectivity index (χ1n) is 9.54. The topological polar surface area (TPSA) is 81.5 Å². The van der Waals surface area contributed by atoms with Crippen molar-refractivity contribution < 1.29 is 17.9 Å². The highest BCUT2D eigenvalue weighted by Crippen LogP contribution is 2.32. The van der Waals surface area contributed by atoms with Crippen LogP contribution in [0.25, 0.3) is 15.9 Å². The lowest BCUT2D eigenvalue weighted by Gasteiger charge is -2.27. The van der Waals surface area contributed by atoms with E-state index in [9.17, 15) is 13.2 Å². The van der Waals surface area contributed by atoms with Gasteiger partial charge in [0.25, 0.3) is 5.91 Å². The number of carbonyl (C=O) groups is 1. The summed E-state index contributed by atoms with van der Waals surface area (Å²) in [6, 6.07) is 8.88. The van der Waals surface area contributed by atoms with Crippen molar-refractivity contribution in [1.29, 1.82) is 0 Å². The smallest absolute Gasteiger partial charge is 0.264 e.